The van der Waals surface area contributed by atoms with Crippen molar-refractivity contribution in [3.63, 3.8) is 0 Å². The van der Waals surface area contributed by atoms with Crippen LogP contribution >= 0.6 is 0 Å². The molecule has 1 N–H and O–H groups in total. The lowest BCUT2D eigenvalue weighted by atomic mass is 10.3. The summed E-state index contributed by atoms with van der Waals surface area (Å²) < 4.78 is 32.4. The highest BCUT2D eigenvalue weighted by molar-refractivity contribution is 7.89. The zero-order valence-corrected chi connectivity index (χ0v) is 12.3. The Balaban J connectivity index is 2.53. The second kappa shape index (κ2) is 5.84. The van der Waals surface area contributed by atoms with Gasteiger partial charge < -0.3 is 9.52 Å². The molecule has 0 unspecified atom stereocenters. The highest BCUT2D eigenvalue weighted by Gasteiger charge is 2.24. The van der Waals surface area contributed by atoms with E-state index in [4.69, 9.17) is 9.52 Å². The number of aliphatic hydroxyl groups is 1. The summed E-state index contributed by atoms with van der Waals surface area (Å²) >= 11 is 0. The quantitative estimate of drug-likeness (QED) is 0.775. The highest BCUT2D eigenvalue weighted by atomic mass is 32.2. The summed E-state index contributed by atoms with van der Waals surface area (Å²) in [7, 11) is -2.25. The van der Waals surface area contributed by atoms with Crippen LogP contribution < -0.4 is 5.76 Å². The summed E-state index contributed by atoms with van der Waals surface area (Å²) in [4.78, 5) is 11.4. The molecule has 114 valence electrons. The zero-order valence-electron chi connectivity index (χ0n) is 11.5. The second-order valence-electron chi connectivity index (χ2n) is 4.43. The number of aryl methyl sites for hydroxylation is 1. The van der Waals surface area contributed by atoms with Crippen molar-refractivity contribution in [1.29, 1.82) is 0 Å². The molecule has 0 bridgehead atoms. The van der Waals surface area contributed by atoms with Crippen molar-refractivity contribution in [1.82, 2.24) is 8.87 Å². The Morgan fingerprint density at radius 3 is 2.81 bits per heavy atom. The molecule has 0 saturated carbocycles. The maximum Gasteiger partial charge on any atom is 0.419 e. The number of aromatic nitrogens is 1. The van der Waals surface area contributed by atoms with Gasteiger partial charge in [-0.2, -0.15) is 4.31 Å². The fraction of sp³-hybridized carbons (Fsp3) is 0.308. The normalized spacial score (nSPS) is 12.1. The number of rotatable bonds is 6. The highest BCUT2D eigenvalue weighted by Crippen LogP contribution is 2.21. The molecule has 1 heterocycles. The Morgan fingerprint density at radius 1 is 1.48 bits per heavy atom. The average molecular weight is 312 g/mol. The molecule has 0 amide bonds. The lowest BCUT2D eigenvalue weighted by Gasteiger charge is -2.19. The van der Waals surface area contributed by atoms with Crippen molar-refractivity contribution in [3.8, 4) is 0 Å². The van der Waals surface area contributed by atoms with Gasteiger partial charge in [-0.05, 0) is 12.1 Å². The summed E-state index contributed by atoms with van der Waals surface area (Å²) in [5.41, 5.74) is 0.711. The van der Waals surface area contributed by atoms with Gasteiger partial charge in [0.25, 0.3) is 0 Å². The van der Waals surface area contributed by atoms with Gasteiger partial charge in [-0.25, -0.2) is 13.2 Å². The van der Waals surface area contributed by atoms with Crippen LogP contribution in [0, 0.1) is 0 Å². The molecule has 0 saturated heterocycles. The molecule has 0 atom stereocenters. The minimum atomic E-state index is -3.79. The molecule has 1 aromatic carbocycles. The Hall–Kier alpha value is -1.90. The molecule has 0 radical (unpaired) electrons. The van der Waals surface area contributed by atoms with Crippen molar-refractivity contribution >= 4 is 21.1 Å². The van der Waals surface area contributed by atoms with Crippen LogP contribution in [0.25, 0.3) is 11.1 Å². The first-order valence-electron chi connectivity index (χ1n) is 6.23. The molecule has 0 spiro atoms. The molecular weight excluding hydrogens is 296 g/mol. The number of benzene rings is 1. The molecule has 0 aliphatic rings. The molecule has 8 heteroatoms. The predicted molar refractivity (Wildman–Crippen MR) is 77.5 cm³/mol. The smallest absolute Gasteiger partial charge is 0.408 e. The van der Waals surface area contributed by atoms with Crippen molar-refractivity contribution in [3.05, 3.63) is 41.4 Å². The third-order valence-electron chi connectivity index (χ3n) is 3.08. The van der Waals surface area contributed by atoms with E-state index in [1.54, 1.807) is 0 Å². The minimum absolute atomic E-state index is 0.000324. The molecule has 0 aliphatic heterocycles. The SMILES string of the molecule is C=CCN(CCO)S(=O)(=O)c1ccc2c(c1)oc(=O)n2C. The number of hydrogen-bond acceptors (Lipinski definition) is 5. The van der Waals surface area contributed by atoms with E-state index in [0.29, 0.717) is 5.52 Å². The Kier molecular flexibility index (Phi) is 4.31. The Morgan fingerprint density at radius 2 is 2.19 bits per heavy atom. The molecule has 7 nitrogen and oxygen atoms in total. The fourth-order valence-electron chi connectivity index (χ4n) is 1.99. The van der Waals surface area contributed by atoms with E-state index in [-0.39, 0.29) is 30.2 Å². The van der Waals surface area contributed by atoms with Crippen molar-refractivity contribution in [2.45, 2.75) is 4.90 Å². The standard InChI is InChI=1S/C13H16N2O5S/c1-3-6-15(7-8-16)21(18,19)10-4-5-11-12(9-10)20-13(17)14(11)2/h3-5,9,16H,1,6-8H2,2H3. The zero-order chi connectivity index (χ0) is 15.6. The molecule has 1 aromatic heterocycles. The summed E-state index contributed by atoms with van der Waals surface area (Å²) in [6.07, 6.45) is 1.44. The van der Waals surface area contributed by atoms with E-state index in [9.17, 15) is 13.2 Å². The van der Waals surface area contributed by atoms with E-state index in [1.807, 2.05) is 0 Å². The third-order valence-corrected chi connectivity index (χ3v) is 4.94. The van der Waals surface area contributed by atoms with E-state index in [2.05, 4.69) is 6.58 Å². The van der Waals surface area contributed by atoms with E-state index in [0.717, 1.165) is 4.31 Å². The molecule has 0 aliphatic carbocycles. The van der Waals surface area contributed by atoms with Crippen molar-refractivity contribution in [2.24, 2.45) is 7.05 Å². The van der Waals surface area contributed by atoms with E-state index < -0.39 is 15.8 Å². The van der Waals surface area contributed by atoms with Crippen molar-refractivity contribution < 1.29 is 17.9 Å². The average Bonchev–Trinajstić information content (AvgIpc) is 2.73. The Bertz CT molecular complexity index is 819. The first-order valence-corrected chi connectivity index (χ1v) is 7.67. The first-order chi connectivity index (χ1) is 9.91. The number of oxazole rings is 1. The second-order valence-corrected chi connectivity index (χ2v) is 6.37. The number of sulfonamides is 1. The topological polar surface area (TPSA) is 92.8 Å². The maximum atomic E-state index is 12.5. The summed E-state index contributed by atoms with van der Waals surface area (Å²) in [6, 6.07) is 4.22. The van der Waals surface area contributed by atoms with Crippen LogP contribution in [-0.2, 0) is 17.1 Å². The van der Waals surface area contributed by atoms with Gasteiger partial charge in [-0.3, -0.25) is 4.57 Å². The van der Waals surface area contributed by atoms with Crippen LogP contribution in [0.15, 0.2) is 45.0 Å². The largest absolute Gasteiger partial charge is 0.419 e. The van der Waals surface area contributed by atoms with Crippen LogP contribution in [0.3, 0.4) is 0 Å². The molecule has 2 rings (SSSR count). The van der Waals surface area contributed by atoms with Gasteiger partial charge in [-0.1, -0.05) is 6.08 Å². The minimum Gasteiger partial charge on any atom is -0.408 e. The van der Waals surface area contributed by atoms with Gasteiger partial charge in [0.05, 0.1) is 17.0 Å². The number of fused-ring (bicyclic) bond motifs is 1. The van der Waals surface area contributed by atoms with Gasteiger partial charge in [0, 0.05) is 26.2 Å². The van der Waals surface area contributed by atoms with Gasteiger partial charge in [0.2, 0.25) is 10.0 Å². The van der Waals surface area contributed by atoms with E-state index >= 15 is 0 Å². The maximum absolute atomic E-state index is 12.5. The van der Waals surface area contributed by atoms with Gasteiger partial charge in [0.1, 0.15) is 0 Å². The van der Waals surface area contributed by atoms with Crippen LogP contribution in [0.1, 0.15) is 0 Å². The number of nitrogens with zero attached hydrogens (tertiary/aromatic N) is 2. The Labute approximate surface area is 121 Å². The third kappa shape index (κ3) is 2.78. The first kappa shape index (κ1) is 15.5. The summed E-state index contributed by atoms with van der Waals surface area (Å²) in [6.45, 7) is 3.25. The lowest BCUT2D eigenvalue weighted by Crippen LogP contribution is -2.33. The molecule has 0 fully saturated rings. The van der Waals surface area contributed by atoms with Crippen LogP contribution in [-0.4, -0.2) is 42.1 Å². The van der Waals surface area contributed by atoms with Crippen LogP contribution in [0.2, 0.25) is 0 Å². The predicted octanol–water partition coefficient (Wildman–Crippen LogP) is 0.300. The van der Waals surface area contributed by atoms with Crippen molar-refractivity contribution in [2.75, 3.05) is 19.7 Å². The van der Waals surface area contributed by atoms with Gasteiger partial charge >= 0.3 is 5.76 Å². The summed E-state index contributed by atoms with van der Waals surface area (Å²) in [5, 5.41) is 8.98. The van der Waals surface area contributed by atoms with Gasteiger partial charge in [-0.15, -0.1) is 6.58 Å². The van der Waals surface area contributed by atoms with Gasteiger partial charge in [0.15, 0.2) is 5.58 Å². The fourth-order valence-corrected chi connectivity index (χ4v) is 3.41. The van der Waals surface area contributed by atoms with Crippen LogP contribution in [0.4, 0.5) is 0 Å². The number of hydrogen-bond donors (Lipinski definition) is 1. The molecule has 2 aromatic rings. The monoisotopic (exact) mass is 312 g/mol. The van der Waals surface area contributed by atoms with Crippen LogP contribution in [0.5, 0.6) is 0 Å². The summed E-state index contributed by atoms with van der Waals surface area (Å²) in [5.74, 6) is -0.558. The lowest BCUT2D eigenvalue weighted by molar-refractivity contribution is 0.260. The number of aliphatic hydroxyl groups excluding tert-OH is 1. The van der Waals surface area contributed by atoms with E-state index in [1.165, 1.54) is 35.9 Å². The molecular formula is C13H16N2O5S. The molecule has 21 heavy (non-hydrogen) atoms.